The summed E-state index contributed by atoms with van der Waals surface area (Å²) in [6.45, 7) is 5.78. The Bertz CT molecular complexity index is 1050. The summed E-state index contributed by atoms with van der Waals surface area (Å²) < 4.78 is 41.9. The number of halogens is 4. The Morgan fingerprint density at radius 1 is 1.03 bits per heavy atom. The first-order valence-corrected chi connectivity index (χ1v) is 11.0. The zero-order valence-corrected chi connectivity index (χ0v) is 19.5. The van der Waals surface area contributed by atoms with Gasteiger partial charge in [0.15, 0.2) is 5.78 Å². The van der Waals surface area contributed by atoms with Gasteiger partial charge in [-0.05, 0) is 34.9 Å². The van der Waals surface area contributed by atoms with Gasteiger partial charge in [0.1, 0.15) is 0 Å². The van der Waals surface area contributed by atoms with E-state index in [9.17, 15) is 33.1 Å². The molecule has 0 bridgehead atoms. The van der Waals surface area contributed by atoms with Crippen molar-refractivity contribution in [2.75, 3.05) is 5.33 Å². The molecule has 4 nitrogen and oxygen atoms in total. The van der Waals surface area contributed by atoms with Crippen LogP contribution in [0.1, 0.15) is 59.8 Å². The predicted molar refractivity (Wildman–Crippen MR) is 118 cm³/mol. The molecule has 0 radical (unpaired) electrons. The molecule has 0 fully saturated rings. The number of hydrogen-bond donors (Lipinski definition) is 1. The van der Waals surface area contributed by atoms with Crippen LogP contribution in [0.4, 0.5) is 13.2 Å². The average Bonchev–Trinajstić information content (AvgIpc) is 2.71. The van der Waals surface area contributed by atoms with E-state index in [2.05, 4.69) is 15.9 Å². The third kappa shape index (κ3) is 4.88. The smallest absolute Gasteiger partial charge is 0.417 e. The molecule has 8 heteroatoms. The van der Waals surface area contributed by atoms with Gasteiger partial charge in [0.05, 0.1) is 11.6 Å². The number of Topliss-reactive ketones (excluding diaryl/α,β-unsaturated/α-hetero) is 1. The molecule has 32 heavy (non-hydrogen) atoms. The molecule has 0 saturated heterocycles. The normalized spacial score (nSPS) is 13.8. The first-order valence-electron chi connectivity index (χ1n) is 9.86. The van der Waals surface area contributed by atoms with Crippen molar-refractivity contribution in [2.45, 2.75) is 50.6 Å². The number of alkyl halides is 4. The summed E-state index contributed by atoms with van der Waals surface area (Å²) in [7, 11) is 0. The standard InChI is InChI=1S/C24H23BrF3NO3/c1-22(2,3)16-9-11-17(12-10-16)23(14-29,21(31)32)20(30)18-8-4-6-15(7-5-13-25)19(18)24(26,27)28/h4,6,8-12H,5,7,13H2,1-3H3,(H,31,32). The number of carbonyl (C=O) groups excluding carboxylic acids is 1. The summed E-state index contributed by atoms with van der Waals surface area (Å²) >= 11 is 3.17. The van der Waals surface area contributed by atoms with E-state index < -0.39 is 34.5 Å². The van der Waals surface area contributed by atoms with E-state index in [4.69, 9.17) is 0 Å². The summed E-state index contributed by atoms with van der Waals surface area (Å²) in [5.74, 6) is -3.24. The number of aliphatic carboxylic acids is 1. The third-order valence-corrected chi connectivity index (χ3v) is 5.83. The average molecular weight is 510 g/mol. The maximum atomic E-state index is 14.0. The summed E-state index contributed by atoms with van der Waals surface area (Å²) in [6, 6.07) is 10.8. The lowest BCUT2D eigenvalue weighted by Gasteiger charge is -2.25. The molecule has 0 aliphatic heterocycles. The second-order valence-electron chi connectivity index (χ2n) is 8.45. The van der Waals surface area contributed by atoms with E-state index in [1.165, 1.54) is 30.3 Å². The van der Waals surface area contributed by atoms with Crippen LogP contribution in [0.5, 0.6) is 0 Å². The van der Waals surface area contributed by atoms with E-state index in [1.807, 2.05) is 20.8 Å². The van der Waals surface area contributed by atoms with Gasteiger partial charge in [-0.3, -0.25) is 4.79 Å². The highest BCUT2D eigenvalue weighted by atomic mass is 79.9. The molecule has 2 aromatic rings. The Morgan fingerprint density at radius 3 is 2.03 bits per heavy atom. The molecule has 0 amide bonds. The molecule has 0 heterocycles. The van der Waals surface area contributed by atoms with Gasteiger partial charge in [-0.15, -0.1) is 0 Å². The Balaban J connectivity index is 2.75. The van der Waals surface area contributed by atoms with Gasteiger partial charge >= 0.3 is 12.1 Å². The summed E-state index contributed by atoms with van der Waals surface area (Å²) in [5, 5.41) is 20.2. The van der Waals surface area contributed by atoms with Crippen LogP contribution in [0, 0.1) is 11.3 Å². The molecule has 1 unspecified atom stereocenters. The summed E-state index contributed by atoms with van der Waals surface area (Å²) in [6.07, 6.45) is -4.48. The molecule has 170 valence electrons. The predicted octanol–water partition coefficient (Wildman–Crippen LogP) is 6.06. The van der Waals surface area contributed by atoms with Gasteiger partial charge in [0.2, 0.25) is 5.41 Å². The molecule has 1 N–H and O–H groups in total. The number of carboxylic acid groups (broad SMARTS) is 1. The SMILES string of the molecule is CC(C)(C)c1ccc(C(C#N)(C(=O)O)C(=O)c2cccc(CCCBr)c2C(F)(F)F)cc1. The van der Waals surface area contributed by atoms with E-state index in [0.717, 1.165) is 11.6 Å². The van der Waals surface area contributed by atoms with Crippen molar-refractivity contribution in [1.29, 1.82) is 5.26 Å². The van der Waals surface area contributed by atoms with Crippen molar-refractivity contribution in [3.63, 3.8) is 0 Å². The van der Waals surface area contributed by atoms with Crippen LogP contribution in [0.15, 0.2) is 42.5 Å². The lowest BCUT2D eigenvalue weighted by molar-refractivity contribution is -0.141. The highest BCUT2D eigenvalue weighted by molar-refractivity contribution is 9.09. The second kappa shape index (κ2) is 9.45. The first-order chi connectivity index (χ1) is 14.8. The fourth-order valence-corrected chi connectivity index (χ4v) is 3.81. The number of ketones is 1. The maximum absolute atomic E-state index is 14.0. The van der Waals surface area contributed by atoms with Crippen molar-refractivity contribution in [1.82, 2.24) is 0 Å². The number of nitriles is 1. The van der Waals surface area contributed by atoms with E-state index in [0.29, 0.717) is 11.8 Å². The number of hydrogen-bond acceptors (Lipinski definition) is 3. The van der Waals surface area contributed by atoms with E-state index in [1.54, 1.807) is 12.1 Å². The molecule has 0 spiro atoms. The van der Waals surface area contributed by atoms with Crippen molar-refractivity contribution in [3.05, 3.63) is 70.3 Å². The van der Waals surface area contributed by atoms with Crippen LogP contribution in [0.2, 0.25) is 0 Å². The molecular weight excluding hydrogens is 487 g/mol. The minimum absolute atomic E-state index is 0.0358. The van der Waals surface area contributed by atoms with Gasteiger partial charge in [-0.25, -0.2) is 4.79 Å². The fraction of sp³-hybridized carbons (Fsp3) is 0.375. The lowest BCUT2D eigenvalue weighted by Crippen LogP contribution is -2.43. The minimum atomic E-state index is -4.90. The first kappa shape index (κ1) is 25.6. The molecule has 0 aliphatic carbocycles. The molecule has 1 atom stereocenters. The fourth-order valence-electron chi connectivity index (χ4n) is 3.53. The van der Waals surface area contributed by atoms with Gasteiger partial charge < -0.3 is 5.11 Å². The van der Waals surface area contributed by atoms with Gasteiger partial charge in [-0.1, -0.05) is 79.2 Å². The van der Waals surface area contributed by atoms with Gasteiger partial charge in [0, 0.05) is 10.9 Å². The molecule has 2 aromatic carbocycles. The number of benzene rings is 2. The number of carboxylic acids is 1. The Kier molecular flexibility index (Phi) is 7.56. The van der Waals surface area contributed by atoms with Crippen LogP contribution in [0.3, 0.4) is 0 Å². The molecule has 0 aliphatic rings. The Morgan fingerprint density at radius 2 is 1.59 bits per heavy atom. The number of nitrogens with zero attached hydrogens (tertiary/aromatic N) is 1. The van der Waals surface area contributed by atoms with Crippen molar-refractivity contribution in [2.24, 2.45) is 0 Å². The molecular formula is C24H23BrF3NO3. The van der Waals surface area contributed by atoms with E-state index in [-0.39, 0.29) is 23.0 Å². The van der Waals surface area contributed by atoms with Crippen LogP contribution in [-0.2, 0) is 28.2 Å². The molecule has 2 rings (SSSR count). The minimum Gasteiger partial charge on any atom is -0.479 e. The maximum Gasteiger partial charge on any atom is 0.417 e. The number of aryl methyl sites for hydroxylation is 1. The largest absolute Gasteiger partial charge is 0.479 e. The highest BCUT2D eigenvalue weighted by Gasteiger charge is 2.51. The van der Waals surface area contributed by atoms with Gasteiger partial charge in [-0.2, -0.15) is 18.4 Å². The number of carbonyl (C=O) groups is 2. The monoisotopic (exact) mass is 509 g/mol. The number of rotatable bonds is 7. The molecule has 0 aromatic heterocycles. The quantitative estimate of drug-likeness (QED) is 0.279. The Hall–Kier alpha value is -2.66. The van der Waals surface area contributed by atoms with E-state index >= 15 is 0 Å². The summed E-state index contributed by atoms with van der Waals surface area (Å²) in [5.41, 5.74) is -4.61. The lowest BCUT2D eigenvalue weighted by atomic mass is 9.73. The molecule has 0 saturated carbocycles. The van der Waals surface area contributed by atoms with Crippen LogP contribution < -0.4 is 0 Å². The topological polar surface area (TPSA) is 78.2 Å². The van der Waals surface area contributed by atoms with Crippen LogP contribution in [0.25, 0.3) is 0 Å². The zero-order valence-electron chi connectivity index (χ0n) is 17.9. The third-order valence-electron chi connectivity index (χ3n) is 5.27. The summed E-state index contributed by atoms with van der Waals surface area (Å²) in [4.78, 5) is 25.6. The van der Waals surface area contributed by atoms with Crippen molar-refractivity contribution in [3.8, 4) is 6.07 Å². The van der Waals surface area contributed by atoms with Crippen molar-refractivity contribution < 1.29 is 27.9 Å². The Labute approximate surface area is 193 Å². The zero-order chi connectivity index (χ0) is 24.3. The van der Waals surface area contributed by atoms with Crippen molar-refractivity contribution >= 4 is 27.7 Å². The second-order valence-corrected chi connectivity index (χ2v) is 9.25. The highest BCUT2D eigenvalue weighted by Crippen LogP contribution is 2.39. The van der Waals surface area contributed by atoms with Gasteiger partial charge in [0.25, 0.3) is 0 Å². The van der Waals surface area contributed by atoms with Crippen LogP contribution >= 0.6 is 15.9 Å². The van der Waals surface area contributed by atoms with Crippen LogP contribution in [-0.4, -0.2) is 22.2 Å².